The van der Waals surface area contributed by atoms with Crippen LogP contribution in [0.1, 0.15) is 17.3 Å². The van der Waals surface area contributed by atoms with Gasteiger partial charge < -0.3 is 14.5 Å². The van der Waals surface area contributed by atoms with Crippen LogP contribution < -0.4 is 9.64 Å². The van der Waals surface area contributed by atoms with E-state index in [-0.39, 0.29) is 12.0 Å². The number of rotatable bonds is 4. The number of anilines is 1. The summed E-state index contributed by atoms with van der Waals surface area (Å²) in [5, 5.41) is 2.22. The van der Waals surface area contributed by atoms with E-state index in [9.17, 15) is 4.79 Å². The third kappa shape index (κ3) is 3.47. The molecule has 1 aliphatic rings. The Morgan fingerprint density at radius 3 is 2.63 bits per heavy atom. The van der Waals surface area contributed by atoms with Crippen molar-refractivity contribution in [2.24, 2.45) is 0 Å². The summed E-state index contributed by atoms with van der Waals surface area (Å²) in [7, 11) is 1.84. The van der Waals surface area contributed by atoms with E-state index in [0.717, 1.165) is 35.3 Å². The molecular formula is C23H24N2O2. The molecule has 1 atom stereocenters. The minimum atomic E-state index is -0.0470. The molecule has 0 radical (unpaired) electrons. The van der Waals surface area contributed by atoms with Crippen LogP contribution in [0.15, 0.2) is 66.7 Å². The predicted molar refractivity (Wildman–Crippen MR) is 110 cm³/mol. The number of amides is 1. The highest BCUT2D eigenvalue weighted by Crippen LogP contribution is 2.33. The summed E-state index contributed by atoms with van der Waals surface area (Å²) in [6.45, 7) is 4.39. The van der Waals surface area contributed by atoms with Gasteiger partial charge >= 0.3 is 0 Å². The summed E-state index contributed by atoms with van der Waals surface area (Å²) in [5.74, 6) is 0.911. The molecule has 4 nitrogen and oxygen atoms in total. The Hall–Kier alpha value is -3.01. The van der Waals surface area contributed by atoms with Crippen molar-refractivity contribution in [1.82, 2.24) is 4.90 Å². The van der Waals surface area contributed by atoms with Crippen molar-refractivity contribution >= 4 is 22.4 Å². The molecule has 0 unspecified atom stereocenters. The molecule has 3 aromatic carbocycles. The van der Waals surface area contributed by atoms with E-state index in [2.05, 4.69) is 24.0 Å². The molecule has 0 aromatic heterocycles. The Morgan fingerprint density at radius 1 is 1.07 bits per heavy atom. The molecule has 0 aliphatic carbocycles. The SMILES string of the molecule is CCN1C[C@@H](CN(C)C(=O)c2ccc3ccccc3c2)Oc2ccccc21. The van der Waals surface area contributed by atoms with Crippen molar-refractivity contribution in [2.75, 3.05) is 31.6 Å². The average molecular weight is 360 g/mol. The van der Waals surface area contributed by atoms with Crippen LogP contribution in [0.2, 0.25) is 0 Å². The standard InChI is InChI=1S/C23H24N2O2/c1-3-25-16-20(27-22-11-7-6-10-21(22)25)15-24(2)23(26)19-13-12-17-8-4-5-9-18(17)14-19/h4-14,20H,3,15-16H2,1-2H3/t20-/m1/s1. The van der Waals surface area contributed by atoms with Crippen LogP contribution in [0.25, 0.3) is 10.8 Å². The van der Waals surface area contributed by atoms with E-state index >= 15 is 0 Å². The third-order valence-corrected chi connectivity index (χ3v) is 5.13. The minimum absolute atomic E-state index is 0.0197. The summed E-state index contributed by atoms with van der Waals surface area (Å²) in [5.41, 5.74) is 1.83. The van der Waals surface area contributed by atoms with Gasteiger partial charge in [0.1, 0.15) is 11.9 Å². The number of fused-ring (bicyclic) bond motifs is 2. The van der Waals surface area contributed by atoms with Gasteiger partial charge in [0, 0.05) is 19.2 Å². The fourth-order valence-corrected chi connectivity index (χ4v) is 3.70. The molecule has 1 heterocycles. The van der Waals surface area contributed by atoms with E-state index < -0.39 is 0 Å². The number of nitrogens with zero attached hydrogens (tertiary/aromatic N) is 2. The van der Waals surface area contributed by atoms with Crippen molar-refractivity contribution in [3.8, 4) is 5.75 Å². The average Bonchev–Trinajstić information content (AvgIpc) is 2.72. The smallest absolute Gasteiger partial charge is 0.253 e. The van der Waals surface area contributed by atoms with Gasteiger partial charge in [0.2, 0.25) is 0 Å². The van der Waals surface area contributed by atoms with Crippen LogP contribution in [-0.4, -0.2) is 43.6 Å². The Bertz CT molecular complexity index is 969. The van der Waals surface area contributed by atoms with Crippen molar-refractivity contribution in [3.63, 3.8) is 0 Å². The highest BCUT2D eigenvalue weighted by Gasteiger charge is 2.27. The molecule has 0 bridgehead atoms. The van der Waals surface area contributed by atoms with Gasteiger partial charge in [-0.05, 0) is 42.0 Å². The number of hydrogen-bond acceptors (Lipinski definition) is 3. The molecule has 3 aromatic rings. The number of ether oxygens (including phenoxy) is 1. The zero-order chi connectivity index (χ0) is 18.8. The summed E-state index contributed by atoms with van der Waals surface area (Å²) in [4.78, 5) is 17.0. The van der Waals surface area contributed by atoms with Gasteiger partial charge in [-0.15, -0.1) is 0 Å². The van der Waals surface area contributed by atoms with Crippen molar-refractivity contribution in [3.05, 3.63) is 72.3 Å². The summed E-state index contributed by atoms with van der Waals surface area (Å²) in [6, 6.07) is 22.0. The lowest BCUT2D eigenvalue weighted by molar-refractivity contribution is 0.0710. The monoisotopic (exact) mass is 360 g/mol. The molecule has 4 heteroatoms. The van der Waals surface area contributed by atoms with Gasteiger partial charge in [0.15, 0.2) is 0 Å². The van der Waals surface area contributed by atoms with Crippen LogP contribution in [0.5, 0.6) is 5.75 Å². The van der Waals surface area contributed by atoms with E-state index in [1.54, 1.807) is 4.90 Å². The normalized spacial score (nSPS) is 15.9. The van der Waals surface area contributed by atoms with E-state index in [0.29, 0.717) is 12.1 Å². The van der Waals surface area contributed by atoms with Crippen molar-refractivity contribution in [1.29, 1.82) is 0 Å². The quantitative estimate of drug-likeness (QED) is 0.699. The van der Waals surface area contributed by atoms with Crippen LogP contribution in [0.4, 0.5) is 5.69 Å². The zero-order valence-electron chi connectivity index (χ0n) is 15.8. The van der Waals surface area contributed by atoms with Gasteiger partial charge in [0.05, 0.1) is 18.8 Å². The van der Waals surface area contributed by atoms with Crippen LogP contribution in [-0.2, 0) is 0 Å². The van der Waals surface area contributed by atoms with Gasteiger partial charge in [-0.25, -0.2) is 0 Å². The van der Waals surface area contributed by atoms with Crippen molar-refractivity contribution in [2.45, 2.75) is 13.0 Å². The van der Waals surface area contributed by atoms with Crippen LogP contribution >= 0.6 is 0 Å². The van der Waals surface area contributed by atoms with Gasteiger partial charge in [-0.3, -0.25) is 4.79 Å². The third-order valence-electron chi connectivity index (χ3n) is 5.13. The van der Waals surface area contributed by atoms with E-state index in [4.69, 9.17) is 4.74 Å². The molecule has 27 heavy (non-hydrogen) atoms. The molecule has 138 valence electrons. The number of benzene rings is 3. The number of carbonyl (C=O) groups is 1. The Labute approximate surface area is 160 Å². The first-order valence-corrected chi connectivity index (χ1v) is 9.40. The lowest BCUT2D eigenvalue weighted by Gasteiger charge is -2.37. The number of carbonyl (C=O) groups excluding carboxylic acids is 1. The lowest BCUT2D eigenvalue weighted by Crippen LogP contribution is -2.46. The molecule has 1 amide bonds. The maximum atomic E-state index is 12.9. The first-order chi connectivity index (χ1) is 13.2. The second-order valence-electron chi connectivity index (χ2n) is 6.99. The van der Waals surface area contributed by atoms with Crippen LogP contribution in [0, 0.1) is 0 Å². The summed E-state index contributed by atoms with van der Waals surface area (Å²) < 4.78 is 6.16. The first-order valence-electron chi connectivity index (χ1n) is 9.40. The van der Waals surface area contributed by atoms with Crippen LogP contribution in [0.3, 0.4) is 0 Å². The molecule has 0 spiro atoms. The first kappa shape index (κ1) is 17.4. The molecule has 1 aliphatic heterocycles. The predicted octanol–water partition coefficient (Wildman–Crippen LogP) is 4.20. The fraction of sp³-hybridized carbons (Fsp3) is 0.261. The fourth-order valence-electron chi connectivity index (χ4n) is 3.70. The Balaban J connectivity index is 1.49. The molecule has 0 fully saturated rings. The zero-order valence-corrected chi connectivity index (χ0v) is 15.8. The van der Waals surface area contributed by atoms with Gasteiger partial charge in [0.25, 0.3) is 5.91 Å². The highest BCUT2D eigenvalue weighted by atomic mass is 16.5. The second-order valence-corrected chi connectivity index (χ2v) is 6.99. The van der Waals surface area contributed by atoms with E-state index in [1.807, 2.05) is 61.6 Å². The van der Waals surface area contributed by atoms with Gasteiger partial charge in [-0.1, -0.05) is 42.5 Å². The number of likely N-dealkylation sites (N-methyl/N-ethyl adjacent to an activating group) is 2. The van der Waals surface area contributed by atoms with Crippen molar-refractivity contribution < 1.29 is 9.53 Å². The minimum Gasteiger partial charge on any atom is -0.485 e. The summed E-state index contributed by atoms with van der Waals surface area (Å²) >= 11 is 0. The molecule has 4 rings (SSSR count). The molecular weight excluding hydrogens is 336 g/mol. The number of hydrogen-bond donors (Lipinski definition) is 0. The topological polar surface area (TPSA) is 32.8 Å². The molecule has 0 N–H and O–H groups in total. The number of para-hydroxylation sites is 2. The molecule has 0 saturated heterocycles. The maximum absolute atomic E-state index is 12.9. The second kappa shape index (κ2) is 7.31. The lowest BCUT2D eigenvalue weighted by atomic mass is 10.1. The Kier molecular flexibility index (Phi) is 4.71. The van der Waals surface area contributed by atoms with Gasteiger partial charge in [-0.2, -0.15) is 0 Å². The summed E-state index contributed by atoms with van der Waals surface area (Å²) in [6.07, 6.45) is -0.0470. The van der Waals surface area contributed by atoms with E-state index in [1.165, 1.54) is 0 Å². The largest absolute Gasteiger partial charge is 0.485 e. The molecule has 0 saturated carbocycles. The Morgan fingerprint density at radius 2 is 1.81 bits per heavy atom. The maximum Gasteiger partial charge on any atom is 0.253 e. The highest BCUT2D eigenvalue weighted by molar-refractivity contribution is 5.98.